The normalized spacial score (nSPS) is 12.9. The summed E-state index contributed by atoms with van der Waals surface area (Å²) in [5.74, 6) is -1.54. The minimum Gasteiger partial charge on any atom is -0.345 e. The van der Waals surface area contributed by atoms with Crippen LogP contribution in [0, 0.1) is 0 Å². The van der Waals surface area contributed by atoms with E-state index in [4.69, 9.17) is 0 Å². The number of halogens is 3. The Morgan fingerprint density at radius 1 is 0.706 bits per heavy atom. The van der Waals surface area contributed by atoms with E-state index in [1.165, 1.54) is 18.2 Å². The van der Waals surface area contributed by atoms with Crippen molar-refractivity contribution in [1.82, 2.24) is 10.6 Å². The molecule has 7 heteroatoms. The van der Waals surface area contributed by atoms with Crippen LogP contribution in [-0.4, -0.2) is 11.8 Å². The molecule has 176 valence electrons. The first-order chi connectivity index (χ1) is 16.2. The van der Waals surface area contributed by atoms with Crippen molar-refractivity contribution in [1.29, 1.82) is 0 Å². The second-order valence-corrected chi connectivity index (χ2v) is 7.85. The molecule has 0 saturated carbocycles. The predicted molar refractivity (Wildman–Crippen MR) is 125 cm³/mol. The number of carbonyl (C=O) groups excluding carboxylic acids is 2. The van der Waals surface area contributed by atoms with Gasteiger partial charge in [-0.05, 0) is 42.7 Å². The molecule has 2 atom stereocenters. The van der Waals surface area contributed by atoms with E-state index in [1.807, 2.05) is 60.7 Å². The first-order valence-electron chi connectivity index (χ1n) is 10.8. The summed E-state index contributed by atoms with van der Waals surface area (Å²) in [5, 5.41) is 5.44. The lowest BCUT2D eigenvalue weighted by Gasteiger charge is -2.19. The third-order valence-electron chi connectivity index (χ3n) is 5.35. The van der Waals surface area contributed by atoms with Crippen LogP contribution in [0.1, 0.15) is 48.2 Å². The van der Waals surface area contributed by atoms with Crippen LogP contribution in [0.2, 0.25) is 0 Å². The number of amides is 2. The summed E-state index contributed by atoms with van der Waals surface area (Å²) in [6.45, 7) is 3.47. The van der Waals surface area contributed by atoms with Crippen LogP contribution < -0.4 is 10.6 Å². The quantitative estimate of drug-likeness (QED) is 0.261. The van der Waals surface area contributed by atoms with Crippen molar-refractivity contribution >= 4 is 17.9 Å². The largest absolute Gasteiger partial charge is 0.416 e. The standard InChI is InChI=1S/C27H25F3N2O2/c1-18(20-11-5-3-6-12-20)31-25(33)23(17-22-15-9-10-16-24(22)27(28,29)30)26(34)32-19(2)21-13-7-4-8-14-21/h3-19H,1-2H3,(H,31,33)(H,32,34)/t18-,19-/m0/s1. The second kappa shape index (κ2) is 10.8. The molecule has 0 aromatic heterocycles. The van der Waals surface area contributed by atoms with Crippen LogP contribution in [-0.2, 0) is 15.8 Å². The van der Waals surface area contributed by atoms with E-state index >= 15 is 0 Å². The van der Waals surface area contributed by atoms with Crippen LogP contribution >= 0.6 is 0 Å². The van der Waals surface area contributed by atoms with Gasteiger partial charge >= 0.3 is 6.18 Å². The first kappa shape index (κ1) is 24.8. The highest BCUT2D eigenvalue weighted by molar-refractivity contribution is 6.21. The van der Waals surface area contributed by atoms with E-state index in [0.29, 0.717) is 0 Å². The number of nitrogens with one attached hydrogen (secondary N) is 2. The first-order valence-corrected chi connectivity index (χ1v) is 10.8. The summed E-state index contributed by atoms with van der Waals surface area (Å²) in [6.07, 6.45) is -3.65. The molecule has 2 amide bonds. The molecule has 3 aromatic carbocycles. The van der Waals surface area contributed by atoms with Gasteiger partial charge in [0.15, 0.2) is 0 Å². The van der Waals surface area contributed by atoms with Crippen LogP contribution in [0.15, 0.2) is 90.5 Å². The molecule has 0 heterocycles. The van der Waals surface area contributed by atoms with Gasteiger partial charge in [0.2, 0.25) is 0 Å². The molecule has 0 aliphatic heterocycles. The van der Waals surface area contributed by atoms with E-state index in [0.717, 1.165) is 23.3 Å². The Balaban J connectivity index is 1.95. The number of rotatable bonds is 7. The number of hydrogen-bond donors (Lipinski definition) is 2. The molecule has 0 bridgehead atoms. The zero-order valence-electron chi connectivity index (χ0n) is 18.8. The highest BCUT2D eigenvalue weighted by Gasteiger charge is 2.33. The average molecular weight is 467 g/mol. The fourth-order valence-electron chi connectivity index (χ4n) is 3.47. The van der Waals surface area contributed by atoms with E-state index in [2.05, 4.69) is 10.6 Å². The van der Waals surface area contributed by atoms with Crippen LogP contribution in [0.4, 0.5) is 13.2 Å². The van der Waals surface area contributed by atoms with Gasteiger partial charge in [0.25, 0.3) is 11.8 Å². The van der Waals surface area contributed by atoms with Gasteiger partial charge in [-0.2, -0.15) is 13.2 Å². The molecule has 0 radical (unpaired) electrons. The molecule has 4 nitrogen and oxygen atoms in total. The molecule has 3 rings (SSSR count). The smallest absolute Gasteiger partial charge is 0.345 e. The lowest BCUT2D eigenvalue weighted by Crippen LogP contribution is -2.37. The van der Waals surface area contributed by atoms with E-state index in [1.54, 1.807) is 13.8 Å². The van der Waals surface area contributed by atoms with Crippen LogP contribution in [0.3, 0.4) is 0 Å². The highest BCUT2D eigenvalue weighted by Crippen LogP contribution is 2.33. The zero-order valence-corrected chi connectivity index (χ0v) is 18.8. The molecule has 0 aliphatic carbocycles. The summed E-state index contributed by atoms with van der Waals surface area (Å²) in [7, 11) is 0. The van der Waals surface area contributed by atoms with Crippen molar-refractivity contribution in [3.8, 4) is 0 Å². The Morgan fingerprint density at radius 3 is 1.56 bits per heavy atom. The fourth-order valence-corrected chi connectivity index (χ4v) is 3.47. The van der Waals surface area contributed by atoms with Gasteiger partial charge in [-0.1, -0.05) is 78.9 Å². The van der Waals surface area contributed by atoms with E-state index in [9.17, 15) is 22.8 Å². The molecular formula is C27H25F3N2O2. The topological polar surface area (TPSA) is 58.2 Å². The fraction of sp³-hybridized carbons (Fsp3) is 0.185. The maximum Gasteiger partial charge on any atom is 0.416 e. The van der Waals surface area contributed by atoms with Gasteiger partial charge in [-0.25, -0.2) is 0 Å². The summed E-state index contributed by atoms with van der Waals surface area (Å²) in [4.78, 5) is 26.3. The predicted octanol–water partition coefficient (Wildman–Crippen LogP) is 5.84. The number of hydrogen-bond acceptors (Lipinski definition) is 2. The zero-order chi connectivity index (χ0) is 24.7. The maximum absolute atomic E-state index is 13.5. The number of carbonyl (C=O) groups is 2. The van der Waals surface area contributed by atoms with E-state index < -0.39 is 41.2 Å². The van der Waals surface area contributed by atoms with Crippen molar-refractivity contribution in [3.05, 3.63) is 113 Å². The van der Waals surface area contributed by atoms with Gasteiger partial charge in [0.05, 0.1) is 17.6 Å². The van der Waals surface area contributed by atoms with Crippen molar-refractivity contribution in [2.24, 2.45) is 0 Å². The minimum absolute atomic E-state index is 0.268. The Labute approximate surface area is 196 Å². The number of benzene rings is 3. The van der Waals surface area contributed by atoms with Crippen LogP contribution in [0.5, 0.6) is 0 Å². The Bertz CT molecular complexity index is 1100. The average Bonchev–Trinajstić information content (AvgIpc) is 2.83. The third-order valence-corrected chi connectivity index (χ3v) is 5.35. The molecule has 0 fully saturated rings. The van der Waals surface area contributed by atoms with Crippen molar-refractivity contribution < 1.29 is 22.8 Å². The van der Waals surface area contributed by atoms with Gasteiger partial charge < -0.3 is 10.6 Å². The molecule has 0 spiro atoms. The Kier molecular flexibility index (Phi) is 7.89. The maximum atomic E-state index is 13.5. The summed E-state index contributed by atoms with van der Waals surface area (Å²) < 4.78 is 40.6. The van der Waals surface area contributed by atoms with E-state index in [-0.39, 0.29) is 5.56 Å². The molecule has 0 saturated heterocycles. The lowest BCUT2D eigenvalue weighted by atomic mass is 10.0. The SMILES string of the molecule is C[C@H](NC(=O)C(=Cc1ccccc1C(F)(F)F)C(=O)N[C@@H](C)c1ccccc1)c1ccccc1. The van der Waals surface area contributed by atoms with Crippen molar-refractivity contribution in [2.75, 3.05) is 0 Å². The highest BCUT2D eigenvalue weighted by atomic mass is 19.4. The molecule has 3 aromatic rings. The van der Waals surface area contributed by atoms with Gasteiger partial charge in [0.1, 0.15) is 5.57 Å². The van der Waals surface area contributed by atoms with Gasteiger partial charge in [-0.3, -0.25) is 9.59 Å². The monoisotopic (exact) mass is 466 g/mol. The summed E-state index contributed by atoms with van der Waals surface area (Å²) in [6, 6.07) is 22.0. The number of alkyl halides is 3. The Hall–Kier alpha value is -3.87. The Morgan fingerprint density at radius 2 is 1.12 bits per heavy atom. The summed E-state index contributed by atoms with van der Waals surface area (Å²) in [5.41, 5.74) is -0.0227. The molecule has 0 aliphatic rings. The third kappa shape index (κ3) is 6.34. The molecular weight excluding hydrogens is 441 g/mol. The second-order valence-electron chi connectivity index (χ2n) is 7.85. The van der Waals surface area contributed by atoms with Gasteiger partial charge in [0, 0.05) is 0 Å². The summed E-state index contributed by atoms with van der Waals surface area (Å²) >= 11 is 0. The molecule has 2 N–H and O–H groups in total. The van der Waals surface area contributed by atoms with Crippen molar-refractivity contribution in [2.45, 2.75) is 32.1 Å². The van der Waals surface area contributed by atoms with Crippen molar-refractivity contribution in [3.63, 3.8) is 0 Å². The van der Waals surface area contributed by atoms with Crippen LogP contribution in [0.25, 0.3) is 6.08 Å². The molecule has 34 heavy (non-hydrogen) atoms. The lowest BCUT2D eigenvalue weighted by molar-refractivity contribution is -0.137. The van der Waals surface area contributed by atoms with Gasteiger partial charge in [-0.15, -0.1) is 0 Å². The minimum atomic E-state index is -4.64. The molecule has 0 unspecified atom stereocenters.